The first-order valence-corrected chi connectivity index (χ1v) is 9.95. The summed E-state index contributed by atoms with van der Waals surface area (Å²) in [5.41, 5.74) is 1.24. The third kappa shape index (κ3) is 4.11. The van der Waals surface area contributed by atoms with Gasteiger partial charge in [0.2, 0.25) is 5.82 Å². The molecule has 136 valence electrons. The van der Waals surface area contributed by atoms with Crippen molar-refractivity contribution in [2.75, 3.05) is 11.3 Å². The van der Waals surface area contributed by atoms with Crippen molar-refractivity contribution in [1.29, 1.82) is 0 Å². The average molecular weight is 371 g/mol. The average Bonchev–Trinajstić information content (AvgIpc) is 2.66. The van der Waals surface area contributed by atoms with Crippen molar-refractivity contribution in [3.63, 3.8) is 0 Å². The molecule has 0 aliphatic carbocycles. The Bertz CT molecular complexity index is 991. The molecule has 3 rings (SSSR count). The summed E-state index contributed by atoms with van der Waals surface area (Å²) < 4.78 is 33.6. The van der Waals surface area contributed by atoms with Crippen molar-refractivity contribution in [1.82, 2.24) is 9.97 Å². The molecule has 0 aliphatic rings. The maximum atomic E-state index is 12.6. The van der Waals surface area contributed by atoms with E-state index in [0.29, 0.717) is 23.6 Å². The van der Waals surface area contributed by atoms with E-state index in [9.17, 15) is 8.42 Å². The van der Waals surface area contributed by atoms with Crippen molar-refractivity contribution in [3.8, 4) is 5.88 Å². The Labute approximate surface area is 153 Å². The second-order valence-corrected chi connectivity index (χ2v) is 7.79. The maximum Gasteiger partial charge on any atom is 0.263 e. The fourth-order valence-corrected chi connectivity index (χ4v) is 3.30. The predicted molar refractivity (Wildman–Crippen MR) is 102 cm³/mol. The highest BCUT2D eigenvalue weighted by Gasteiger charge is 2.19. The minimum absolute atomic E-state index is 0.0934. The minimum Gasteiger partial charge on any atom is -0.475 e. The topological polar surface area (TPSA) is 81.2 Å². The lowest BCUT2D eigenvalue weighted by atomic mass is 10.1. The number of nitrogens with zero attached hydrogens (tertiary/aromatic N) is 2. The molecule has 0 radical (unpaired) electrons. The van der Waals surface area contributed by atoms with Gasteiger partial charge in [0.15, 0.2) is 0 Å². The van der Waals surface area contributed by atoms with Gasteiger partial charge < -0.3 is 4.74 Å². The van der Waals surface area contributed by atoms with Gasteiger partial charge >= 0.3 is 0 Å². The Balaban J connectivity index is 1.99. The number of sulfonamides is 1. The Kier molecular flexibility index (Phi) is 5.37. The van der Waals surface area contributed by atoms with Gasteiger partial charge in [0.25, 0.3) is 15.9 Å². The van der Waals surface area contributed by atoms with Crippen LogP contribution in [0.15, 0.2) is 59.5 Å². The number of aromatic nitrogens is 2. The normalized spacial score (nSPS) is 12.7. The molecule has 0 saturated heterocycles. The second-order valence-electron chi connectivity index (χ2n) is 6.11. The van der Waals surface area contributed by atoms with E-state index < -0.39 is 10.0 Å². The number of ether oxygens (including phenoxy) is 1. The summed E-state index contributed by atoms with van der Waals surface area (Å²) in [5.74, 6) is 0.598. The van der Waals surface area contributed by atoms with Crippen LogP contribution in [0.4, 0.5) is 5.82 Å². The van der Waals surface area contributed by atoms with Crippen LogP contribution in [0.3, 0.4) is 0 Å². The first kappa shape index (κ1) is 18.1. The molecule has 1 heterocycles. The Hall–Kier alpha value is -2.67. The number of hydrogen-bond donors (Lipinski definition) is 1. The number of benzene rings is 2. The number of fused-ring (bicyclic) bond motifs is 1. The van der Waals surface area contributed by atoms with E-state index >= 15 is 0 Å². The van der Waals surface area contributed by atoms with Gasteiger partial charge in [-0.3, -0.25) is 4.72 Å². The van der Waals surface area contributed by atoms with Crippen LogP contribution in [0.25, 0.3) is 11.0 Å². The summed E-state index contributed by atoms with van der Waals surface area (Å²) in [6.45, 7) is 4.56. The van der Waals surface area contributed by atoms with Crippen molar-refractivity contribution in [3.05, 3.63) is 54.6 Å². The number of anilines is 1. The van der Waals surface area contributed by atoms with Crippen LogP contribution in [0.2, 0.25) is 0 Å². The van der Waals surface area contributed by atoms with Gasteiger partial charge in [0.05, 0.1) is 22.5 Å². The SMILES string of the molecule is CC[C@@H](C)COc1nc2ccccc2nc1NS(=O)(=O)c1ccccc1. The van der Waals surface area contributed by atoms with E-state index in [2.05, 4.69) is 28.5 Å². The Morgan fingerprint density at radius 2 is 1.62 bits per heavy atom. The van der Waals surface area contributed by atoms with Gasteiger partial charge in [-0.05, 0) is 30.2 Å². The molecular formula is C19H21N3O3S. The largest absolute Gasteiger partial charge is 0.475 e. The number of rotatable bonds is 7. The molecule has 0 saturated carbocycles. The van der Waals surface area contributed by atoms with Crippen LogP contribution < -0.4 is 9.46 Å². The molecule has 0 aliphatic heterocycles. The van der Waals surface area contributed by atoms with Gasteiger partial charge in [0.1, 0.15) is 0 Å². The summed E-state index contributed by atoms with van der Waals surface area (Å²) in [6.07, 6.45) is 0.950. The quantitative estimate of drug-likeness (QED) is 0.682. The molecule has 1 aromatic heterocycles. The zero-order chi connectivity index (χ0) is 18.6. The summed E-state index contributed by atoms with van der Waals surface area (Å²) in [6, 6.07) is 15.4. The molecular weight excluding hydrogens is 350 g/mol. The van der Waals surface area contributed by atoms with Gasteiger partial charge in [-0.1, -0.05) is 50.6 Å². The van der Waals surface area contributed by atoms with Gasteiger partial charge in [0, 0.05) is 0 Å². The van der Waals surface area contributed by atoms with Crippen molar-refractivity contribution in [2.45, 2.75) is 25.2 Å². The third-order valence-electron chi connectivity index (χ3n) is 4.02. The van der Waals surface area contributed by atoms with Crippen LogP contribution in [-0.4, -0.2) is 25.0 Å². The smallest absolute Gasteiger partial charge is 0.263 e. The highest BCUT2D eigenvalue weighted by atomic mass is 32.2. The highest BCUT2D eigenvalue weighted by Crippen LogP contribution is 2.26. The molecule has 1 atom stereocenters. The van der Waals surface area contributed by atoms with Gasteiger partial charge in [-0.15, -0.1) is 0 Å². The summed E-state index contributed by atoms with van der Waals surface area (Å²) in [7, 11) is -3.78. The van der Waals surface area contributed by atoms with Crippen LogP contribution in [0, 0.1) is 5.92 Å². The molecule has 0 bridgehead atoms. The summed E-state index contributed by atoms with van der Waals surface area (Å²) >= 11 is 0. The van der Waals surface area contributed by atoms with Gasteiger partial charge in [-0.25, -0.2) is 18.4 Å². The van der Waals surface area contributed by atoms with Gasteiger partial charge in [-0.2, -0.15) is 0 Å². The van der Waals surface area contributed by atoms with E-state index in [1.165, 1.54) is 12.1 Å². The fourth-order valence-electron chi connectivity index (χ4n) is 2.28. The zero-order valence-electron chi connectivity index (χ0n) is 14.7. The highest BCUT2D eigenvalue weighted by molar-refractivity contribution is 7.92. The Morgan fingerprint density at radius 1 is 1.00 bits per heavy atom. The molecule has 0 spiro atoms. The van der Waals surface area contributed by atoms with Crippen LogP contribution >= 0.6 is 0 Å². The lowest BCUT2D eigenvalue weighted by molar-refractivity contribution is 0.249. The molecule has 2 aromatic carbocycles. The van der Waals surface area contributed by atoms with E-state index in [0.717, 1.165) is 6.42 Å². The van der Waals surface area contributed by atoms with E-state index in [4.69, 9.17) is 4.74 Å². The lowest BCUT2D eigenvalue weighted by Gasteiger charge is -2.15. The number of para-hydroxylation sites is 2. The Morgan fingerprint density at radius 3 is 2.27 bits per heavy atom. The van der Waals surface area contributed by atoms with Crippen molar-refractivity contribution >= 4 is 26.9 Å². The van der Waals surface area contributed by atoms with E-state index in [1.807, 2.05) is 18.2 Å². The van der Waals surface area contributed by atoms with E-state index in [-0.39, 0.29) is 16.6 Å². The fraction of sp³-hybridized carbons (Fsp3) is 0.263. The zero-order valence-corrected chi connectivity index (χ0v) is 15.5. The second kappa shape index (κ2) is 7.70. The molecule has 3 aromatic rings. The third-order valence-corrected chi connectivity index (χ3v) is 5.38. The molecule has 7 heteroatoms. The minimum atomic E-state index is -3.78. The molecule has 1 N–H and O–H groups in total. The maximum absolute atomic E-state index is 12.6. The van der Waals surface area contributed by atoms with Crippen LogP contribution in [0.5, 0.6) is 5.88 Å². The molecule has 0 unspecified atom stereocenters. The lowest BCUT2D eigenvalue weighted by Crippen LogP contribution is -2.17. The summed E-state index contributed by atoms with van der Waals surface area (Å²) in [5, 5.41) is 0. The molecule has 26 heavy (non-hydrogen) atoms. The number of hydrogen-bond acceptors (Lipinski definition) is 5. The standard InChI is InChI=1S/C19H21N3O3S/c1-3-14(2)13-25-19-18(20-16-11-7-8-12-17(16)21-19)22-26(23,24)15-9-5-4-6-10-15/h4-12,14H,3,13H2,1-2H3,(H,20,22)/t14-/m1/s1. The molecule has 0 fully saturated rings. The molecule has 6 nitrogen and oxygen atoms in total. The molecule has 0 amide bonds. The first-order chi connectivity index (χ1) is 12.5. The van der Waals surface area contributed by atoms with Crippen LogP contribution in [-0.2, 0) is 10.0 Å². The van der Waals surface area contributed by atoms with Crippen LogP contribution in [0.1, 0.15) is 20.3 Å². The summed E-state index contributed by atoms with van der Waals surface area (Å²) in [4.78, 5) is 9.01. The number of nitrogens with one attached hydrogen (secondary N) is 1. The predicted octanol–water partition coefficient (Wildman–Crippen LogP) is 3.86. The first-order valence-electron chi connectivity index (χ1n) is 8.47. The van der Waals surface area contributed by atoms with E-state index in [1.54, 1.807) is 24.3 Å². The van der Waals surface area contributed by atoms with Crippen molar-refractivity contribution < 1.29 is 13.2 Å². The monoisotopic (exact) mass is 371 g/mol. The van der Waals surface area contributed by atoms with Crippen molar-refractivity contribution in [2.24, 2.45) is 5.92 Å².